The van der Waals surface area contributed by atoms with Crippen molar-refractivity contribution in [3.8, 4) is 22.7 Å². The monoisotopic (exact) mass is 566 g/mol. The van der Waals surface area contributed by atoms with E-state index in [1.54, 1.807) is 19.2 Å². The van der Waals surface area contributed by atoms with Gasteiger partial charge in [-0.25, -0.2) is 9.37 Å². The fourth-order valence-corrected chi connectivity index (χ4v) is 6.27. The number of ether oxygens (including phenoxy) is 1. The number of carbonyl (C=O) groups excluding carboxylic acids is 1. The summed E-state index contributed by atoms with van der Waals surface area (Å²) in [4.78, 5) is 18.1. The number of benzene rings is 2. The molecule has 0 spiro atoms. The Morgan fingerprint density at radius 1 is 0.952 bits per heavy atom. The molecule has 1 aromatic heterocycles. The van der Waals surface area contributed by atoms with E-state index in [0.29, 0.717) is 18.2 Å². The van der Waals surface area contributed by atoms with Crippen LogP contribution in [0.15, 0.2) is 90.7 Å². The van der Waals surface area contributed by atoms with Gasteiger partial charge in [-0.2, -0.15) is 0 Å². The first-order valence-corrected chi connectivity index (χ1v) is 15.6. The fourth-order valence-electron chi connectivity index (χ4n) is 6.27. The van der Waals surface area contributed by atoms with Crippen LogP contribution >= 0.6 is 0 Å². The van der Waals surface area contributed by atoms with Gasteiger partial charge in [0.2, 0.25) is 0 Å². The van der Waals surface area contributed by atoms with Crippen molar-refractivity contribution < 1.29 is 13.9 Å². The number of Topliss-reactive ketones (excluding diaryl/α,β-unsaturated/α-hetero) is 1. The lowest BCUT2D eigenvalue weighted by atomic mass is 9.90. The molecule has 2 aliphatic carbocycles. The predicted molar refractivity (Wildman–Crippen MR) is 168 cm³/mol. The van der Waals surface area contributed by atoms with Crippen molar-refractivity contribution in [1.82, 2.24) is 9.55 Å². The number of allylic oxidation sites excluding steroid dienone is 6. The van der Waals surface area contributed by atoms with Crippen LogP contribution in [0.3, 0.4) is 0 Å². The van der Waals surface area contributed by atoms with Crippen LogP contribution in [0.1, 0.15) is 76.5 Å². The molecule has 220 valence electrons. The Bertz CT molecular complexity index is 1400. The average Bonchev–Trinajstić information content (AvgIpc) is 3.26. The van der Waals surface area contributed by atoms with Crippen molar-refractivity contribution in [1.29, 1.82) is 0 Å². The van der Waals surface area contributed by atoms with Gasteiger partial charge in [0.1, 0.15) is 23.2 Å². The van der Waals surface area contributed by atoms with E-state index in [4.69, 9.17) is 9.72 Å². The molecule has 3 aromatic rings. The number of carbonyl (C=O) groups is 1. The molecular formula is C37H43FN2O2. The van der Waals surface area contributed by atoms with Crippen molar-refractivity contribution in [3.05, 3.63) is 102 Å². The summed E-state index contributed by atoms with van der Waals surface area (Å²) in [7, 11) is 1.64. The van der Waals surface area contributed by atoms with Gasteiger partial charge in [0, 0.05) is 23.9 Å². The second-order valence-corrected chi connectivity index (χ2v) is 11.8. The van der Waals surface area contributed by atoms with E-state index in [9.17, 15) is 9.18 Å². The molecule has 2 unspecified atom stereocenters. The molecule has 1 saturated carbocycles. The summed E-state index contributed by atoms with van der Waals surface area (Å²) < 4.78 is 20.9. The Morgan fingerprint density at radius 2 is 1.71 bits per heavy atom. The third-order valence-corrected chi connectivity index (χ3v) is 8.80. The van der Waals surface area contributed by atoms with E-state index < -0.39 is 0 Å². The van der Waals surface area contributed by atoms with Crippen molar-refractivity contribution >= 4 is 5.78 Å². The molecule has 5 heteroatoms. The smallest absolute Gasteiger partial charge is 0.140 e. The Labute approximate surface area is 250 Å². The summed E-state index contributed by atoms with van der Waals surface area (Å²) in [5, 5.41) is 0. The highest BCUT2D eigenvalue weighted by Crippen LogP contribution is 2.33. The quantitative estimate of drug-likeness (QED) is 0.217. The minimum absolute atomic E-state index is 0.211. The van der Waals surface area contributed by atoms with Crippen molar-refractivity contribution in [2.45, 2.75) is 77.0 Å². The highest BCUT2D eigenvalue weighted by molar-refractivity contribution is 5.80. The normalized spacial score (nSPS) is 19.0. The molecule has 2 aliphatic rings. The topological polar surface area (TPSA) is 44.1 Å². The number of aromatic nitrogens is 2. The lowest BCUT2D eigenvalue weighted by molar-refractivity contribution is -0.118. The maximum atomic E-state index is 13.6. The molecule has 1 fully saturated rings. The number of rotatable bonds is 11. The van der Waals surface area contributed by atoms with Gasteiger partial charge in [-0.1, -0.05) is 68.1 Å². The first-order chi connectivity index (χ1) is 20.6. The number of hydrogen-bond donors (Lipinski definition) is 0. The van der Waals surface area contributed by atoms with E-state index in [-0.39, 0.29) is 18.0 Å². The molecule has 42 heavy (non-hydrogen) atoms. The maximum absolute atomic E-state index is 13.6. The van der Waals surface area contributed by atoms with Gasteiger partial charge in [-0.15, -0.1) is 0 Å². The molecular weight excluding hydrogens is 523 g/mol. The van der Waals surface area contributed by atoms with Gasteiger partial charge >= 0.3 is 0 Å². The standard InChI is InChI=1S/C37H43FN2O2/c1-42-35-24-17-31(18-25-35)36-27-40(33-21-19-32(38)20-22-33)37(39-36)26-34(41)23-16-30-11-7-10-29(14-15-30)13-12-28-8-5-3-2-4-6-9-28/h2-3,5,8-9,17-22,24-25,27,29-30H,4,6-7,10-16,23,26H2,1H3. The minimum atomic E-state index is -0.288. The van der Waals surface area contributed by atoms with Crippen molar-refractivity contribution in [2.75, 3.05) is 7.11 Å². The van der Waals surface area contributed by atoms with E-state index in [1.807, 2.05) is 35.0 Å². The molecule has 2 aromatic carbocycles. The number of methoxy groups -OCH3 is 1. The van der Waals surface area contributed by atoms with Crippen molar-refractivity contribution in [2.24, 2.45) is 11.8 Å². The van der Waals surface area contributed by atoms with Gasteiger partial charge in [-0.05, 0) is 92.5 Å². The van der Waals surface area contributed by atoms with Crippen LogP contribution in [0.2, 0.25) is 0 Å². The number of halogens is 1. The highest BCUT2D eigenvalue weighted by Gasteiger charge is 2.21. The van der Waals surface area contributed by atoms with Gasteiger partial charge in [0.15, 0.2) is 0 Å². The SMILES string of the molecule is COc1ccc(-c2cn(-c3ccc(F)cc3)c(CC(=O)CCC3CCCC(CCC4=CCCC=CC=C4)CC3)n2)cc1. The van der Waals surface area contributed by atoms with E-state index >= 15 is 0 Å². The van der Waals surface area contributed by atoms with E-state index in [0.717, 1.165) is 47.9 Å². The van der Waals surface area contributed by atoms with Crippen molar-refractivity contribution in [3.63, 3.8) is 0 Å². The molecule has 4 nitrogen and oxygen atoms in total. The second kappa shape index (κ2) is 14.9. The number of nitrogens with zero attached hydrogens (tertiary/aromatic N) is 2. The van der Waals surface area contributed by atoms with E-state index in [2.05, 4.69) is 30.4 Å². The van der Waals surface area contributed by atoms with Crippen LogP contribution in [0, 0.1) is 17.7 Å². The maximum Gasteiger partial charge on any atom is 0.140 e. The Morgan fingerprint density at radius 3 is 2.48 bits per heavy atom. The van der Waals surface area contributed by atoms with Crippen LogP contribution in [0.4, 0.5) is 4.39 Å². The van der Waals surface area contributed by atoms with Gasteiger partial charge in [0.25, 0.3) is 0 Å². The Hall–Kier alpha value is -3.73. The van der Waals surface area contributed by atoms with Crippen LogP contribution < -0.4 is 4.74 Å². The third kappa shape index (κ3) is 8.40. The average molecular weight is 567 g/mol. The highest BCUT2D eigenvalue weighted by atomic mass is 19.1. The largest absolute Gasteiger partial charge is 0.497 e. The number of ketones is 1. The fraction of sp³-hybridized carbons (Fsp3) is 0.405. The first kappa shape index (κ1) is 29.8. The summed E-state index contributed by atoms with van der Waals surface area (Å²) in [5.74, 6) is 2.80. The molecule has 0 aliphatic heterocycles. The first-order valence-electron chi connectivity index (χ1n) is 15.6. The molecule has 5 rings (SSSR count). The lowest BCUT2D eigenvalue weighted by Gasteiger charge is -2.16. The molecule has 2 atom stereocenters. The predicted octanol–water partition coefficient (Wildman–Crippen LogP) is 9.39. The third-order valence-electron chi connectivity index (χ3n) is 8.80. The summed E-state index contributed by atoms with van der Waals surface area (Å²) >= 11 is 0. The summed E-state index contributed by atoms with van der Waals surface area (Å²) in [6.07, 6.45) is 26.0. The van der Waals surface area contributed by atoms with Gasteiger partial charge in [-0.3, -0.25) is 4.79 Å². The molecule has 0 N–H and O–H groups in total. The minimum Gasteiger partial charge on any atom is -0.497 e. The second-order valence-electron chi connectivity index (χ2n) is 11.8. The lowest BCUT2D eigenvalue weighted by Crippen LogP contribution is -2.11. The molecule has 0 amide bonds. The number of hydrogen-bond acceptors (Lipinski definition) is 3. The Kier molecular flexibility index (Phi) is 10.6. The van der Waals surface area contributed by atoms with Crippen LogP contribution in [0.25, 0.3) is 16.9 Å². The molecule has 1 heterocycles. The van der Waals surface area contributed by atoms with Gasteiger partial charge in [0.05, 0.1) is 19.2 Å². The van der Waals surface area contributed by atoms with Crippen LogP contribution in [0.5, 0.6) is 5.75 Å². The summed E-state index contributed by atoms with van der Waals surface area (Å²) in [6, 6.07) is 14.1. The van der Waals surface area contributed by atoms with Crippen LogP contribution in [-0.4, -0.2) is 22.4 Å². The zero-order chi connectivity index (χ0) is 29.1. The Balaban J connectivity index is 1.17. The zero-order valence-corrected chi connectivity index (χ0v) is 24.8. The van der Waals surface area contributed by atoms with E-state index in [1.165, 1.54) is 62.7 Å². The summed E-state index contributed by atoms with van der Waals surface area (Å²) in [5.41, 5.74) is 4.00. The molecule has 0 saturated heterocycles. The number of imidazole rings is 1. The molecule has 0 bridgehead atoms. The zero-order valence-electron chi connectivity index (χ0n) is 24.8. The van der Waals surface area contributed by atoms with Crippen LogP contribution in [-0.2, 0) is 11.2 Å². The van der Waals surface area contributed by atoms with Gasteiger partial charge < -0.3 is 9.30 Å². The summed E-state index contributed by atoms with van der Waals surface area (Å²) in [6.45, 7) is 0. The molecule has 0 radical (unpaired) electrons.